The van der Waals surface area contributed by atoms with E-state index in [4.69, 9.17) is 4.74 Å². The molecule has 0 saturated heterocycles. The zero-order valence-electron chi connectivity index (χ0n) is 11.1. The zero-order valence-corrected chi connectivity index (χ0v) is 12.8. The molecular formula is C17H14O2Se. The second-order valence-corrected chi connectivity index (χ2v) is 6.94. The predicted octanol–water partition coefficient (Wildman–Crippen LogP) is 2.59. The van der Waals surface area contributed by atoms with Gasteiger partial charge in [-0.2, -0.15) is 0 Å². The number of cyclic esters (lactones) is 1. The quantitative estimate of drug-likeness (QED) is 0.639. The molecule has 1 heterocycles. The number of benzene rings is 2. The summed E-state index contributed by atoms with van der Waals surface area (Å²) in [7, 11) is 0. The summed E-state index contributed by atoms with van der Waals surface area (Å²) >= 11 is 0.109. The summed E-state index contributed by atoms with van der Waals surface area (Å²) in [6.07, 6.45) is -0.219. The number of hydrogen-bond donors (Lipinski definition) is 0. The summed E-state index contributed by atoms with van der Waals surface area (Å²) in [5.74, 6) is -0.188. The minimum absolute atomic E-state index is 0.109. The summed E-state index contributed by atoms with van der Waals surface area (Å²) in [4.78, 5) is 11.9. The Morgan fingerprint density at radius 3 is 2.20 bits per heavy atom. The fraction of sp³-hybridized carbons (Fsp3) is 0.118. The molecule has 20 heavy (non-hydrogen) atoms. The monoisotopic (exact) mass is 330 g/mol. The van der Waals surface area contributed by atoms with E-state index in [0.717, 1.165) is 15.6 Å². The molecule has 0 amide bonds. The van der Waals surface area contributed by atoms with E-state index in [9.17, 15) is 4.79 Å². The third-order valence-electron chi connectivity index (χ3n) is 3.21. The molecule has 2 nitrogen and oxygen atoms in total. The van der Waals surface area contributed by atoms with Gasteiger partial charge in [-0.3, -0.25) is 0 Å². The number of rotatable bonds is 3. The molecule has 2 aromatic rings. The van der Waals surface area contributed by atoms with Crippen LogP contribution in [0.3, 0.4) is 0 Å². The molecule has 0 radical (unpaired) electrons. The second-order valence-electron chi connectivity index (χ2n) is 4.60. The molecule has 1 unspecified atom stereocenters. The van der Waals surface area contributed by atoms with Gasteiger partial charge in [0.25, 0.3) is 0 Å². The van der Waals surface area contributed by atoms with Crippen molar-refractivity contribution in [2.24, 2.45) is 0 Å². The van der Waals surface area contributed by atoms with Crippen molar-refractivity contribution in [2.45, 2.75) is 13.0 Å². The number of carbonyl (C=O) groups excluding carboxylic acids is 1. The number of esters is 1. The molecule has 0 aliphatic carbocycles. The molecule has 0 saturated carbocycles. The van der Waals surface area contributed by atoms with Gasteiger partial charge in [-0.05, 0) is 0 Å². The van der Waals surface area contributed by atoms with Crippen molar-refractivity contribution in [1.82, 2.24) is 0 Å². The molecule has 0 bridgehead atoms. The molecule has 100 valence electrons. The Balaban J connectivity index is 1.94. The summed E-state index contributed by atoms with van der Waals surface area (Å²) in [6, 6.07) is 20.2. The Labute approximate surface area is 124 Å². The number of carbonyl (C=O) groups is 1. The van der Waals surface area contributed by atoms with Crippen LogP contribution in [0.5, 0.6) is 0 Å². The normalized spacial score (nSPS) is 18.2. The Bertz CT molecular complexity index is 647. The molecule has 2 aromatic carbocycles. The van der Waals surface area contributed by atoms with Crippen LogP contribution in [0.4, 0.5) is 0 Å². The van der Waals surface area contributed by atoms with E-state index < -0.39 is 0 Å². The Morgan fingerprint density at radius 1 is 0.950 bits per heavy atom. The van der Waals surface area contributed by atoms with Gasteiger partial charge in [0.2, 0.25) is 0 Å². The van der Waals surface area contributed by atoms with E-state index >= 15 is 0 Å². The van der Waals surface area contributed by atoms with Gasteiger partial charge >= 0.3 is 124 Å². The van der Waals surface area contributed by atoms with Crippen LogP contribution >= 0.6 is 0 Å². The van der Waals surface area contributed by atoms with Crippen molar-refractivity contribution in [3.05, 3.63) is 76.3 Å². The standard InChI is InChI=1S/C17H14O2Se/c1-12-16(20-14-10-6-3-7-11-14)15(19-17(12)18)13-8-4-2-5-9-13/h2-11,15H,1H3. The minimum atomic E-state index is -0.219. The van der Waals surface area contributed by atoms with Crippen molar-refractivity contribution >= 4 is 25.4 Å². The maximum atomic E-state index is 11.9. The first kappa shape index (κ1) is 13.2. The SMILES string of the molecule is CC1=C([Se]c2ccccc2)C(c2ccccc2)OC1=O. The van der Waals surface area contributed by atoms with Gasteiger partial charge in [-0.15, -0.1) is 0 Å². The average Bonchev–Trinajstić information content (AvgIpc) is 2.78. The summed E-state index contributed by atoms with van der Waals surface area (Å²) in [5.41, 5.74) is 1.81. The van der Waals surface area contributed by atoms with Gasteiger partial charge < -0.3 is 0 Å². The van der Waals surface area contributed by atoms with Crippen molar-refractivity contribution in [3.63, 3.8) is 0 Å². The summed E-state index contributed by atoms with van der Waals surface area (Å²) in [6.45, 7) is 1.87. The molecule has 0 spiro atoms. The molecular weight excluding hydrogens is 315 g/mol. The van der Waals surface area contributed by atoms with E-state index in [0.29, 0.717) is 0 Å². The van der Waals surface area contributed by atoms with Gasteiger partial charge in [0.15, 0.2) is 0 Å². The van der Waals surface area contributed by atoms with Crippen LogP contribution in [0.2, 0.25) is 0 Å². The fourth-order valence-corrected chi connectivity index (χ4v) is 4.39. The molecule has 1 aliphatic heterocycles. The van der Waals surface area contributed by atoms with E-state index in [-0.39, 0.29) is 27.0 Å². The van der Waals surface area contributed by atoms with Gasteiger partial charge in [0.1, 0.15) is 0 Å². The first-order chi connectivity index (χ1) is 9.75. The molecule has 0 aromatic heterocycles. The topological polar surface area (TPSA) is 26.3 Å². The van der Waals surface area contributed by atoms with Crippen molar-refractivity contribution in [2.75, 3.05) is 0 Å². The predicted molar refractivity (Wildman–Crippen MR) is 79.8 cm³/mol. The maximum absolute atomic E-state index is 11.9. The van der Waals surface area contributed by atoms with Gasteiger partial charge in [-0.1, -0.05) is 0 Å². The molecule has 1 atom stereocenters. The van der Waals surface area contributed by atoms with Crippen LogP contribution in [0.1, 0.15) is 18.6 Å². The molecule has 3 rings (SSSR count). The first-order valence-electron chi connectivity index (χ1n) is 6.45. The summed E-state index contributed by atoms with van der Waals surface area (Å²) in [5, 5.41) is 0. The van der Waals surface area contributed by atoms with Crippen molar-refractivity contribution in [3.8, 4) is 0 Å². The van der Waals surface area contributed by atoms with E-state index in [2.05, 4.69) is 12.1 Å². The Kier molecular flexibility index (Phi) is 3.72. The number of hydrogen-bond acceptors (Lipinski definition) is 2. The van der Waals surface area contributed by atoms with Crippen LogP contribution in [0, 0.1) is 0 Å². The van der Waals surface area contributed by atoms with E-state index in [1.807, 2.05) is 55.5 Å². The van der Waals surface area contributed by atoms with Gasteiger partial charge in [0, 0.05) is 0 Å². The number of ether oxygens (including phenoxy) is 1. The zero-order chi connectivity index (χ0) is 13.9. The van der Waals surface area contributed by atoms with Crippen LogP contribution < -0.4 is 4.46 Å². The molecule has 1 aliphatic rings. The average molecular weight is 329 g/mol. The Morgan fingerprint density at radius 2 is 1.55 bits per heavy atom. The van der Waals surface area contributed by atoms with Crippen LogP contribution in [0.15, 0.2) is 70.7 Å². The van der Waals surface area contributed by atoms with E-state index in [1.54, 1.807) is 0 Å². The van der Waals surface area contributed by atoms with Gasteiger partial charge in [-0.25, -0.2) is 0 Å². The van der Waals surface area contributed by atoms with E-state index in [1.165, 1.54) is 4.46 Å². The van der Waals surface area contributed by atoms with Crippen LogP contribution in [-0.2, 0) is 9.53 Å². The molecule has 3 heteroatoms. The Hall–Kier alpha value is -1.83. The molecule has 0 N–H and O–H groups in total. The van der Waals surface area contributed by atoms with Crippen molar-refractivity contribution < 1.29 is 9.53 Å². The van der Waals surface area contributed by atoms with Crippen LogP contribution in [-0.4, -0.2) is 20.9 Å². The summed E-state index contributed by atoms with van der Waals surface area (Å²) < 4.78 is 7.93. The molecule has 0 fully saturated rings. The third kappa shape index (κ3) is 2.55. The van der Waals surface area contributed by atoms with Crippen LogP contribution in [0.25, 0.3) is 0 Å². The second kappa shape index (κ2) is 5.66. The third-order valence-corrected chi connectivity index (χ3v) is 5.83. The fourth-order valence-electron chi connectivity index (χ4n) is 2.14. The van der Waals surface area contributed by atoms with Gasteiger partial charge in [0.05, 0.1) is 0 Å². The first-order valence-corrected chi connectivity index (χ1v) is 8.16. The van der Waals surface area contributed by atoms with Crippen molar-refractivity contribution in [1.29, 1.82) is 0 Å².